The van der Waals surface area contributed by atoms with Gasteiger partial charge in [0, 0.05) is 18.7 Å². The number of fused-ring (bicyclic) bond motifs is 1. The number of hydrogen-bond donors (Lipinski definition) is 1. The van der Waals surface area contributed by atoms with Gasteiger partial charge in [0.2, 0.25) is 5.91 Å². The largest absolute Gasteiger partial charge is 0.497 e. The number of anilines is 1. The van der Waals surface area contributed by atoms with E-state index in [1.807, 2.05) is 30.3 Å². The maximum atomic E-state index is 12.7. The molecule has 2 aromatic carbocycles. The second-order valence-electron chi connectivity index (χ2n) is 6.40. The van der Waals surface area contributed by atoms with Crippen molar-refractivity contribution in [2.45, 2.75) is 13.0 Å². The summed E-state index contributed by atoms with van der Waals surface area (Å²) in [4.78, 5) is 29.3. The molecule has 1 N–H and O–H groups in total. The summed E-state index contributed by atoms with van der Waals surface area (Å²) in [5.74, 6) is 0.520. The minimum atomic E-state index is -0.227. The summed E-state index contributed by atoms with van der Waals surface area (Å²) >= 11 is 0. The number of amides is 1. The molecule has 0 radical (unpaired) electrons. The average Bonchev–Trinajstić information content (AvgIpc) is 3.19. The Labute approximate surface area is 166 Å². The lowest BCUT2D eigenvalue weighted by Gasteiger charge is -2.08. The van der Waals surface area contributed by atoms with Crippen LogP contribution in [0.2, 0.25) is 0 Å². The Bertz CT molecular complexity index is 1200. The van der Waals surface area contributed by atoms with Crippen LogP contribution < -0.4 is 15.6 Å². The van der Waals surface area contributed by atoms with Crippen LogP contribution in [0, 0.1) is 0 Å². The Hall–Kier alpha value is -3.94. The summed E-state index contributed by atoms with van der Waals surface area (Å²) in [6.45, 7) is 0.222. The number of aromatic nitrogens is 4. The van der Waals surface area contributed by atoms with Crippen LogP contribution in [0.3, 0.4) is 0 Å². The van der Waals surface area contributed by atoms with Gasteiger partial charge in [0.15, 0.2) is 5.65 Å². The number of nitrogens with zero attached hydrogens (tertiary/aromatic N) is 4. The predicted molar refractivity (Wildman–Crippen MR) is 109 cm³/mol. The summed E-state index contributed by atoms with van der Waals surface area (Å²) < 4.78 is 8.14. The normalized spacial score (nSPS) is 10.8. The van der Waals surface area contributed by atoms with Crippen LogP contribution in [0.25, 0.3) is 16.7 Å². The summed E-state index contributed by atoms with van der Waals surface area (Å²) in [6.07, 6.45) is 3.10. The molecule has 0 spiro atoms. The average molecular weight is 389 g/mol. The van der Waals surface area contributed by atoms with Crippen molar-refractivity contribution >= 4 is 22.6 Å². The maximum Gasteiger partial charge on any atom is 0.264 e. The van der Waals surface area contributed by atoms with Crippen molar-refractivity contribution in [1.82, 2.24) is 19.3 Å². The molecule has 146 valence electrons. The monoisotopic (exact) mass is 389 g/mol. The number of ether oxygens (including phenoxy) is 1. The Kier molecular flexibility index (Phi) is 5.07. The molecule has 0 aliphatic carbocycles. The molecule has 0 saturated carbocycles. The van der Waals surface area contributed by atoms with E-state index in [2.05, 4.69) is 15.4 Å². The quantitative estimate of drug-likeness (QED) is 0.547. The minimum Gasteiger partial charge on any atom is -0.497 e. The van der Waals surface area contributed by atoms with E-state index in [4.69, 9.17) is 4.74 Å². The van der Waals surface area contributed by atoms with E-state index in [0.29, 0.717) is 22.5 Å². The van der Waals surface area contributed by atoms with E-state index >= 15 is 0 Å². The molecule has 8 nitrogen and oxygen atoms in total. The van der Waals surface area contributed by atoms with Crippen LogP contribution in [0.4, 0.5) is 5.69 Å². The van der Waals surface area contributed by atoms with E-state index in [1.54, 1.807) is 36.1 Å². The zero-order chi connectivity index (χ0) is 20.2. The van der Waals surface area contributed by atoms with Crippen molar-refractivity contribution in [2.75, 3.05) is 12.4 Å². The Morgan fingerprint density at radius 1 is 1.10 bits per heavy atom. The third-order valence-electron chi connectivity index (χ3n) is 4.51. The van der Waals surface area contributed by atoms with Crippen LogP contribution >= 0.6 is 0 Å². The van der Waals surface area contributed by atoms with Gasteiger partial charge in [-0.15, -0.1) is 0 Å². The Morgan fingerprint density at radius 2 is 1.86 bits per heavy atom. The number of aryl methyl sites for hydroxylation is 1. The molecule has 2 heterocycles. The van der Waals surface area contributed by atoms with Gasteiger partial charge < -0.3 is 10.1 Å². The lowest BCUT2D eigenvalue weighted by Crippen LogP contribution is -2.23. The number of rotatable bonds is 6. The topological polar surface area (TPSA) is 91.0 Å². The molecule has 2 aromatic heterocycles. The molecule has 0 atom stereocenters. The van der Waals surface area contributed by atoms with E-state index < -0.39 is 0 Å². The molecular formula is C21H19N5O3. The first-order chi connectivity index (χ1) is 14.2. The molecule has 0 aliphatic rings. The van der Waals surface area contributed by atoms with Crippen LogP contribution in [-0.4, -0.2) is 32.3 Å². The van der Waals surface area contributed by atoms with E-state index in [1.165, 1.54) is 17.1 Å². The van der Waals surface area contributed by atoms with E-state index in [0.717, 1.165) is 5.69 Å². The van der Waals surface area contributed by atoms with Crippen molar-refractivity contribution in [1.29, 1.82) is 0 Å². The van der Waals surface area contributed by atoms with Gasteiger partial charge in [0.1, 0.15) is 11.1 Å². The van der Waals surface area contributed by atoms with Gasteiger partial charge >= 0.3 is 0 Å². The number of methoxy groups -OCH3 is 1. The van der Waals surface area contributed by atoms with Gasteiger partial charge in [-0.3, -0.25) is 14.2 Å². The number of para-hydroxylation sites is 1. The highest BCUT2D eigenvalue weighted by Crippen LogP contribution is 2.15. The zero-order valence-corrected chi connectivity index (χ0v) is 15.8. The van der Waals surface area contributed by atoms with Crippen LogP contribution in [-0.2, 0) is 11.3 Å². The first-order valence-electron chi connectivity index (χ1n) is 9.08. The highest BCUT2D eigenvalue weighted by atomic mass is 16.5. The fourth-order valence-electron chi connectivity index (χ4n) is 2.99. The fraction of sp³-hybridized carbons (Fsp3) is 0.143. The minimum absolute atomic E-state index is 0.145. The molecule has 4 rings (SSSR count). The summed E-state index contributed by atoms with van der Waals surface area (Å²) in [7, 11) is 1.58. The highest BCUT2D eigenvalue weighted by molar-refractivity contribution is 5.90. The molecule has 29 heavy (non-hydrogen) atoms. The lowest BCUT2D eigenvalue weighted by atomic mass is 10.3. The highest BCUT2D eigenvalue weighted by Gasteiger charge is 2.12. The molecule has 8 heteroatoms. The first kappa shape index (κ1) is 18.4. The number of carbonyl (C=O) groups is 1. The summed E-state index contributed by atoms with van der Waals surface area (Å²) in [5, 5.41) is 7.49. The van der Waals surface area contributed by atoms with Crippen LogP contribution in [0.1, 0.15) is 6.42 Å². The number of nitrogens with one attached hydrogen (secondary N) is 1. The van der Waals surface area contributed by atoms with Gasteiger partial charge in [-0.1, -0.05) is 18.2 Å². The molecule has 0 aliphatic heterocycles. The molecule has 1 amide bonds. The van der Waals surface area contributed by atoms with Gasteiger partial charge in [-0.25, -0.2) is 9.67 Å². The molecule has 0 unspecified atom stereocenters. The molecular weight excluding hydrogens is 370 g/mol. The Balaban J connectivity index is 1.47. The van der Waals surface area contributed by atoms with Crippen molar-refractivity contribution in [2.24, 2.45) is 0 Å². The number of carbonyl (C=O) groups excluding carboxylic acids is 1. The van der Waals surface area contributed by atoms with E-state index in [9.17, 15) is 9.59 Å². The van der Waals surface area contributed by atoms with E-state index in [-0.39, 0.29) is 24.4 Å². The second kappa shape index (κ2) is 7.97. The lowest BCUT2D eigenvalue weighted by molar-refractivity contribution is -0.116. The van der Waals surface area contributed by atoms with Crippen molar-refractivity contribution in [3.8, 4) is 11.4 Å². The number of benzene rings is 2. The summed E-state index contributed by atoms with van der Waals surface area (Å²) in [6, 6.07) is 16.5. The van der Waals surface area contributed by atoms with Gasteiger partial charge in [0.05, 0.1) is 25.3 Å². The third-order valence-corrected chi connectivity index (χ3v) is 4.51. The molecule has 4 aromatic rings. The van der Waals surface area contributed by atoms with Crippen molar-refractivity contribution < 1.29 is 9.53 Å². The Morgan fingerprint density at radius 3 is 2.59 bits per heavy atom. The smallest absolute Gasteiger partial charge is 0.264 e. The number of hydrogen-bond acceptors (Lipinski definition) is 5. The zero-order valence-electron chi connectivity index (χ0n) is 15.8. The van der Waals surface area contributed by atoms with Gasteiger partial charge in [-0.05, 0) is 36.4 Å². The van der Waals surface area contributed by atoms with Crippen molar-refractivity contribution in [3.63, 3.8) is 0 Å². The van der Waals surface area contributed by atoms with Gasteiger partial charge in [0.25, 0.3) is 5.56 Å². The fourth-order valence-corrected chi connectivity index (χ4v) is 2.99. The molecule has 0 bridgehead atoms. The van der Waals surface area contributed by atoms with Crippen molar-refractivity contribution in [3.05, 3.63) is 77.5 Å². The standard InChI is InChI=1S/C21H19N5O3/c1-29-17-9-7-15(8-10-17)24-19(27)11-12-25-14-22-20-18(21(25)28)13-23-26(20)16-5-3-2-4-6-16/h2-10,13-14H,11-12H2,1H3,(H,24,27). The van der Waals surface area contributed by atoms with Gasteiger partial charge in [-0.2, -0.15) is 5.10 Å². The molecule has 0 saturated heterocycles. The third kappa shape index (κ3) is 3.86. The first-order valence-corrected chi connectivity index (χ1v) is 9.08. The SMILES string of the molecule is COc1ccc(NC(=O)CCn2cnc3c(cnn3-c3ccccc3)c2=O)cc1. The summed E-state index contributed by atoms with van der Waals surface area (Å²) in [5.41, 5.74) is 1.75. The predicted octanol–water partition coefficient (Wildman–Crippen LogP) is 2.62. The van der Waals surface area contributed by atoms with Crippen LogP contribution in [0.15, 0.2) is 71.9 Å². The maximum absolute atomic E-state index is 12.7. The molecule has 0 fully saturated rings. The van der Waals surface area contributed by atoms with Crippen LogP contribution in [0.5, 0.6) is 5.75 Å². The second-order valence-corrected chi connectivity index (χ2v) is 6.40.